The van der Waals surface area contributed by atoms with Crippen molar-refractivity contribution in [2.45, 2.75) is 38.6 Å². The van der Waals surface area contributed by atoms with Gasteiger partial charge < -0.3 is 10.2 Å². The van der Waals surface area contributed by atoms with Crippen LogP contribution < -0.4 is 5.32 Å². The molecule has 9 heteroatoms. The summed E-state index contributed by atoms with van der Waals surface area (Å²) in [6.45, 7) is 7.67. The zero-order valence-electron chi connectivity index (χ0n) is 24.4. The predicted octanol–water partition coefficient (Wildman–Crippen LogP) is 5.28. The van der Waals surface area contributed by atoms with Crippen LogP contribution in [0.5, 0.6) is 0 Å². The van der Waals surface area contributed by atoms with Gasteiger partial charge in [0, 0.05) is 43.5 Å². The first-order valence-corrected chi connectivity index (χ1v) is 15.3. The van der Waals surface area contributed by atoms with Gasteiger partial charge in [0.15, 0.2) is 5.65 Å². The molecule has 1 N–H and O–H groups in total. The molecule has 1 aliphatic rings. The Hall–Kier alpha value is -4.34. The summed E-state index contributed by atoms with van der Waals surface area (Å²) < 4.78 is 29.0. The lowest BCUT2D eigenvalue weighted by Gasteiger charge is -2.20. The van der Waals surface area contributed by atoms with Crippen molar-refractivity contribution < 1.29 is 13.2 Å². The molecule has 0 spiro atoms. The first-order valence-electron chi connectivity index (χ1n) is 13.9. The van der Waals surface area contributed by atoms with Crippen molar-refractivity contribution in [1.29, 1.82) is 0 Å². The fourth-order valence-electron chi connectivity index (χ4n) is 5.62. The zero-order chi connectivity index (χ0) is 29.8. The highest BCUT2D eigenvalue weighted by molar-refractivity contribution is 7.90. The Morgan fingerprint density at radius 3 is 2.40 bits per heavy atom. The molecule has 0 radical (unpaired) electrons. The van der Waals surface area contributed by atoms with Crippen molar-refractivity contribution in [3.05, 3.63) is 100 Å². The SMILES string of the molecule is Cc1ccc(S(=O)(=O)n2cc(-c3ccc(C(=O)N(C)C)c(C)c3)c3nc(-c4cc(C)c5c(c4)CNCC5)cnc32)cc1. The summed E-state index contributed by atoms with van der Waals surface area (Å²) in [7, 11) is -0.529. The zero-order valence-corrected chi connectivity index (χ0v) is 25.2. The molecule has 214 valence electrons. The number of rotatable bonds is 5. The minimum atomic E-state index is -3.96. The lowest BCUT2D eigenvalue weighted by atomic mass is 9.93. The number of nitrogens with zero attached hydrogens (tertiary/aromatic N) is 4. The average molecular weight is 580 g/mol. The van der Waals surface area contributed by atoms with Crippen LogP contribution in [-0.4, -0.2) is 53.8 Å². The van der Waals surface area contributed by atoms with E-state index in [1.165, 1.54) is 25.6 Å². The highest BCUT2D eigenvalue weighted by atomic mass is 32.2. The maximum atomic E-state index is 13.9. The molecule has 0 unspecified atom stereocenters. The minimum absolute atomic E-state index is 0.0947. The van der Waals surface area contributed by atoms with Gasteiger partial charge in [0.05, 0.1) is 16.8 Å². The smallest absolute Gasteiger partial charge is 0.269 e. The Morgan fingerprint density at radius 2 is 1.69 bits per heavy atom. The number of nitrogens with one attached hydrogen (secondary N) is 1. The van der Waals surface area contributed by atoms with Gasteiger partial charge in [-0.3, -0.25) is 4.79 Å². The summed E-state index contributed by atoms with van der Waals surface area (Å²) in [5.74, 6) is -0.0947. The first kappa shape index (κ1) is 27.8. The third-order valence-corrected chi connectivity index (χ3v) is 9.61. The van der Waals surface area contributed by atoms with Crippen molar-refractivity contribution in [3.8, 4) is 22.4 Å². The van der Waals surface area contributed by atoms with Crippen LogP contribution >= 0.6 is 0 Å². The highest BCUT2D eigenvalue weighted by Crippen LogP contribution is 2.34. The summed E-state index contributed by atoms with van der Waals surface area (Å²) in [5.41, 5.74) is 9.87. The second-order valence-corrected chi connectivity index (χ2v) is 13.0. The highest BCUT2D eigenvalue weighted by Gasteiger charge is 2.25. The van der Waals surface area contributed by atoms with E-state index in [1.807, 2.05) is 26.0 Å². The molecule has 5 aromatic rings. The van der Waals surface area contributed by atoms with Gasteiger partial charge in [0.25, 0.3) is 15.9 Å². The second kappa shape index (κ2) is 10.5. The Bertz CT molecular complexity index is 1980. The monoisotopic (exact) mass is 579 g/mol. The molecule has 42 heavy (non-hydrogen) atoms. The maximum absolute atomic E-state index is 13.9. The number of hydrogen-bond acceptors (Lipinski definition) is 6. The van der Waals surface area contributed by atoms with E-state index < -0.39 is 10.0 Å². The van der Waals surface area contributed by atoms with Gasteiger partial charge in [-0.2, -0.15) is 0 Å². The van der Waals surface area contributed by atoms with E-state index in [-0.39, 0.29) is 16.4 Å². The van der Waals surface area contributed by atoms with Crippen molar-refractivity contribution in [3.63, 3.8) is 0 Å². The summed E-state index contributed by atoms with van der Waals surface area (Å²) in [6.07, 6.45) is 4.23. The normalized spacial score (nSPS) is 13.3. The number of fused-ring (bicyclic) bond motifs is 2. The third-order valence-electron chi connectivity index (χ3n) is 7.94. The van der Waals surface area contributed by atoms with E-state index in [4.69, 9.17) is 9.97 Å². The molecule has 0 saturated heterocycles. The Balaban J connectivity index is 1.56. The minimum Gasteiger partial charge on any atom is -0.345 e. The van der Waals surface area contributed by atoms with Gasteiger partial charge in [-0.1, -0.05) is 29.8 Å². The molecular formula is C33H33N5O3S. The molecule has 0 saturated carbocycles. The fourth-order valence-corrected chi connectivity index (χ4v) is 6.94. The van der Waals surface area contributed by atoms with Crippen molar-refractivity contribution >= 4 is 27.1 Å². The molecule has 3 aromatic carbocycles. The van der Waals surface area contributed by atoms with E-state index in [0.29, 0.717) is 22.3 Å². The maximum Gasteiger partial charge on any atom is 0.269 e. The summed E-state index contributed by atoms with van der Waals surface area (Å²) >= 11 is 0. The standard InChI is InChI=1S/C33H33N5O3S/c1-20-6-9-26(10-7-20)42(40,41)38-19-29(23-8-11-28(22(3)14-23)33(39)37(4)5)31-32(38)35-18-30(36-31)24-15-21(2)27-12-13-34-17-25(27)16-24/h6-11,14-16,18-19,34H,12-13,17H2,1-5H3. The fraction of sp³-hybridized carbons (Fsp3) is 0.242. The largest absolute Gasteiger partial charge is 0.345 e. The second-order valence-electron chi connectivity index (χ2n) is 11.2. The van der Waals surface area contributed by atoms with Gasteiger partial charge in [-0.05, 0) is 91.9 Å². The number of benzene rings is 3. The van der Waals surface area contributed by atoms with E-state index in [9.17, 15) is 13.2 Å². The van der Waals surface area contributed by atoms with Gasteiger partial charge in [0.2, 0.25) is 0 Å². The molecule has 6 rings (SSSR count). The van der Waals surface area contributed by atoms with Gasteiger partial charge in [-0.25, -0.2) is 22.4 Å². The Labute approximate surface area is 246 Å². The third kappa shape index (κ3) is 4.78. The number of carbonyl (C=O) groups excluding carboxylic acids is 1. The van der Waals surface area contributed by atoms with Crippen LogP contribution in [0.4, 0.5) is 0 Å². The van der Waals surface area contributed by atoms with Crippen molar-refractivity contribution in [2.75, 3.05) is 20.6 Å². The van der Waals surface area contributed by atoms with Crippen molar-refractivity contribution in [2.24, 2.45) is 0 Å². The molecule has 2 aromatic heterocycles. The van der Waals surface area contributed by atoms with Gasteiger partial charge >= 0.3 is 0 Å². The van der Waals surface area contributed by atoms with E-state index in [1.54, 1.807) is 56.8 Å². The number of aromatic nitrogens is 3. The lowest BCUT2D eigenvalue weighted by Crippen LogP contribution is -2.24. The molecule has 0 atom stereocenters. The molecule has 0 fully saturated rings. The molecule has 1 aliphatic heterocycles. The Morgan fingerprint density at radius 1 is 0.952 bits per heavy atom. The van der Waals surface area contributed by atoms with Gasteiger partial charge in [0.1, 0.15) is 5.52 Å². The number of amides is 1. The summed E-state index contributed by atoms with van der Waals surface area (Å²) in [4.78, 5) is 24.1. The average Bonchev–Trinajstić information content (AvgIpc) is 3.37. The first-order chi connectivity index (χ1) is 20.0. The molecule has 1 amide bonds. The molecule has 8 nitrogen and oxygen atoms in total. The van der Waals surface area contributed by atoms with Crippen LogP contribution in [-0.2, 0) is 23.0 Å². The summed E-state index contributed by atoms with van der Waals surface area (Å²) in [6, 6.07) is 16.6. The van der Waals surface area contributed by atoms with Crippen LogP contribution in [0.3, 0.4) is 0 Å². The van der Waals surface area contributed by atoms with Crippen LogP contribution in [0.25, 0.3) is 33.5 Å². The lowest BCUT2D eigenvalue weighted by molar-refractivity contribution is 0.0827. The van der Waals surface area contributed by atoms with E-state index >= 15 is 0 Å². The van der Waals surface area contributed by atoms with E-state index in [2.05, 4.69) is 24.4 Å². The molecular weight excluding hydrogens is 546 g/mol. The number of aryl methyl sites for hydroxylation is 3. The Kier molecular flexibility index (Phi) is 6.95. The number of carbonyl (C=O) groups is 1. The van der Waals surface area contributed by atoms with E-state index in [0.717, 1.165) is 41.8 Å². The van der Waals surface area contributed by atoms with Gasteiger partial charge in [-0.15, -0.1) is 0 Å². The van der Waals surface area contributed by atoms with Crippen molar-refractivity contribution in [1.82, 2.24) is 24.2 Å². The topological polar surface area (TPSA) is 97.2 Å². The molecule has 0 aliphatic carbocycles. The molecule has 3 heterocycles. The van der Waals surface area contributed by atoms with Crippen LogP contribution in [0, 0.1) is 20.8 Å². The molecule has 0 bridgehead atoms. The number of hydrogen-bond donors (Lipinski definition) is 1. The van der Waals surface area contributed by atoms with Crippen LogP contribution in [0.1, 0.15) is 38.2 Å². The predicted molar refractivity (Wildman–Crippen MR) is 165 cm³/mol. The van der Waals surface area contributed by atoms with Crippen LogP contribution in [0.15, 0.2) is 71.9 Å². The van der Waals surface area contributed by atoms with Crippen LogP contribution in [0.2, 0.25) is 0 Å². The quantitative estimate of drug-likeness (QED) is 0.305. The summed E-state index contributed by atoms with van der Waals surface area (Å²) in [5, 5.41) is 3.44.